The Balaban J connectivity index is 3.64. The zero-order chi connectivity index (χ0) is 6.57. The Bertz CT molecular complexity index is 96.6. The van der Waals surface area contributed by atoms with E-state index in [4.69, 9.17) is 0 Å². The molecule has 0 aromatic heterocycles. The maximum Gasteiger partial charge on any atom is 0.110 e. The van der Waals surface area contributed by atoms with Crippen molar-refractivity contribution in [3.8, 4) is 0 Å². The summed E-state index contributed by atoms with van der Waals surface area (Å²) in [6, 6.07) is 0. The lowest BCUT2D eigenvalue weighted by molar-refractivity contribution is 0.677. The van der Waals surface area contributed by atoms with Crippen LogP contribution in [0.4, 0.5) is 0 Å². The molecule has 0 saturated heterocycles. The van der Waals surface area contributed by atoms with Gasteiger partial charge < -0.3 is 0 Å². The first-order valence-electron chi connectivity index (χ1n) is 2.49. The monoisotopic (exact) mass is 154 g/mol. The van der Waals surface area contributed by atoms with Crippen LogP contribution in [0.2, 0.25) is 0 Å². The van der Waals surface area contributed by atoms with Crippen molar-refractivity contribution in [2.75, 3.05) is 11.5 Å². The van der Waals surface area contributed by atoms with E-state index in [0.29, 0.717) is 11.5 Å². The van der Waals surface area contributed by atoms with E-state index in [1.807, 2.05) is 0 Å². The third kappa shape index (κ3) is 2.57. The summed E-state index contributed by atoms with van der Waals surface area (Å²) < 4.78 is 21.1. The summed E-state index contributed by atoms with van der Waals surface area (Å²) in [5, 5.41) is 0. The molecule has 0 bridgehead atoms. The van der Waals surface area contributed by atoms with E-state index in [9.17, 15) is 8.42 Å². The molecule has 0 aliphatic heterocycles. The molecule has 0 spiro atoms. The third-order valence-corrected chi connectivity index (χ3v) is 4.69. The molecule has 50 valence electrons. The average Bonchev–Trinajstić information content (AvgIpc) is 1.84. The highest BCUT2D eigenvalue weighted by Gasteiger charge is 2.01. The molecule has 0 radical (unpaired) electrons. The van der Waals surface area contributed by atoms with Crippen LogP contribution >= 0.6 is 0 Å². The average molecular weight is 154 g/mol. The lowest BCUT2D eigenvalue weighted by Gasteiger charge is -1.90. The van der Waals surface area contributed by atoms with Gasteiger partial charge >= 0.3 is 0 Å². The fourth-order valence-corrected chi connectivity index (χ4v) is 2.37. The molecule has 0 aromatic carbocycles. The van der Waals surface area contributed by atoms with Crippen LogP contribution in [0.1, 0.15) is 13.8 Å². The highest BCUT2D eigenvalue weighted by atomic mass is 33.1. The van der Waals surface area contributed by atoms with Crippen LogP contribution in [0.5, 0.6) is 0 Å². The zero-order valence-corrected chi connectivity index (χ0v) is 6.68. The Morgan fingerprint density at radius 1 is 1.00 bits per heavy atom. The topological polar surface area (TPSA) is 34.1 Å². The molecule has 0 aromatic rings. The van der Waals surface area contributed by atoms with Gasteiger partial charge in [-0.2, -0.15) is 0 Å². The Hall–Kier alpha value is 0.300. The minimum Gasteiger partial charge on any atom is -0.246 e. The molecule has 2 atom stereocenters. The number of hydrogen-bond donors (Lipinski definition) is 0. The largest absolute Gasteiger partial charge is 0.246 e. The summed E-state index contributed by atoms with van der Waals surface area (Å²) in [5.41, 5.74) is 0. The lowest BCUT2D eigenvalue weighted by atomic mass is 11.0. The Morgan fingerprint density at radius 2 is 1.25 bits per heavy atom. The van der Waals surface area contributed by atoms with Crippen LogP contribution in [-0.4, -0.2) is 19.9 Å². The van der Waals surface area contributed by atoms with Gasteiger partial charge in [0.15, 0.2) is 0 Å². The molecule has 2 nitrogen and oxygen atoms in total. The molecule has 0 heterocycles. The van der Waals surface area contributed by atoms with Crippen molar-refractivity contribution in [1.82, 2.24) is 0 Å². The molecule has 0 rings (SSSR count). The van der Waals surface area contributed by atoms with Gasteiger partial charge in [0.25, 0.3) is 0 Å². The Labute approximate surface area is 54.0 Å². The Kier molecular flexibility index (Phi) is 4.36. The molecular weight excluding hydrogens is 144 g/mol. The van der Waals surface area contributed by atoms with Gasteiger partial charge in [-0.3, -0.25) is 0 Å². The molecular formula is C4H10O2S2. The van der Waals surface area contributed by atoms with Crippen LogP contribution in [0.15, 0.2) is 0 Å². The van der Waals surface area contributed by atoms with Gasteiger partial charge in [-0.05, 0) is 0 Å². The molecule has 0 aliphatic carbocycles. The fourth-order valence-electron chi connectivity index (χ4n) is 0.263. The molecule has 0 amide bonds. The van der Waals surface area contributed by atoms with Crippen molar-refractivity contribution in [2.24, 2.45) is 0 Å². The van der Waals surface area contributed by atoms with Gasteiger partial charge in [0.2, 0.25) is 0 Å². The highest BCUT2D eigenvalue weighted by Crippen LogP contribution is 1.89. The van der Waals surface area contributed by atoms with E-state index in [2.05, 4.69) is 0 Å². The SMILES string of the molecule is CCS(=O)S(=O)CC. The second-order valence-electron chi connectivity index (χ2n) is 1.18. The van der Waals surface area contributed by atoms with E-state index in [0.717, 1.165) is 0 Å². The van der Waals surface area contributed by atoms with E-state index in [1.165, 1.54) is 0 Å². The van der Waals surface area contributed by atoms with Crippen LogP contribution in [0.3, 0.4) is 0 Å². The van der Waals surface area contributed by atoms with Gasteiger partial charge in [-0.15, -0.1) is 0 Å². The first kappa shape index (κ1) is 8.30. The quantitative estimate of drug-likeness (QED) is 0.553. The highest BCUT2D eigenvalue weighted by molar-refractivity contribution is 8.61. The van der Waals surface area contributed by atoms with Gasteiger partial charge in [-0.1, -0.05) is 13.8 Å². The predicted molar refractivity (Wildman–Crippen MR) is 37.4 cm³/mol. The molecule has 0 N–H and O–H groups in total. The zero-order valence-electron chi connectivity index (χ0n) is 5.05. The van der Waals surface area contributed by atoms with Gasteiger partial charge in [-0.25, -0.2) is 8.42 Å². The fraction of sp³-hybridized carbons (Fsp3) is 1.00. The van der Waals surface area contributed by atoms with E-state index in [-0.39, 0.29) is 0 Å². The number of rotatable bonds is 3. The van der Waals surface area contributed by atoms with Crippen molar-refractivity contribution in [2.45, 2.75) is 13.8 Å². The van der Waals surface area contributed by atoms with E-state index >= 15 is 0 Å². The smallest absolute Gasteiger partial charge is 0.110 e. The third-order valence-electron chi connectivity index (χ3n) is 0.679. The maximum atomic E-state index is 10.6. The molecule has 2 unspecified atom stereocenters. The predicted octanol–water partition coefficient (Wildman–Crippen LogP) is 0.439. The van der Waals surface area contributed by atoms with Crippen LogP contribution in [0.25, 0.3) is 0 Å². The van der Waals surface area contributed by atoms with Crippen molar-refractivity contribution in [3.63, 3.8) is 0 Å². The van der Waals surface area contributed by atoms with Crippen LogP contribution < -0.4 is 0 Å². The summed E-state index contributed by atoms with van der Waals surface area (Å²) >= 11 is 0. The maximum absolute atomic E-state index is 10.6. The second-order valence-corrected chi connectivity index (χ2v) is 5.79. The first-order valence-corrected chi connectivity index (χ1v) is 5.65. The van der Waals surface area contributed by atoms with Gasteiger partial charge in [0.05, 0.1) is 0 Å². The normalized spacial score (nSPS) is 17.8. The van der Waals surface area contributed by atoms with E-state index in [1.54, 1.807) is 13.8 Å². The summed E-state index contributed by atoms with van der Waals surface area (Å²) in [6.45, 7) is 3.54. The minimum atomic E-state index is -1.10. The standard InChI is InChI=1S/C4H10O2S2/c1-3-7(5)8(6)4-2/h3-4H2,1-2H3. The van der Waals surface area contributed by atoms with Crippen molar-refractivity contribution < 1.29 is 8.42 Å². The van der Waals surface area contributed by atoms with Gasteiger partial charge in [0.1, 0.15) is 19.7 Å². The van der Waals surface area contributed by atoms with E-state index < -0.39 is 19.7 Å². The minimum absolute atomic E-state index is 0.500. The Morgan fingerprint density at radius 3 is 1.38 bits per heavy atom. The molecule has 0 fully saturated rings. The molecule has 0 saturated carbocycles. The van der Waals surface area contributed by atoms with Crippen molar-refractivity contribution >= 4 is 19.7 Å². The summed E-state index contributed by atoms with van der Waals surface area (Å²) in [6.07, 6.45) is 0. The van der Waals surface area contributed by atoms with Crippen molar-refractivity contribution in [3.05, 3.63) is 0 Å². The summed E-state index contributed by atoms with van der Waals surface area (Å²) in [5.74, 6) is 1.00. The van der Waals surface area contributed by atoms with Crippen LogP contribution in [0, 0.1) is 0 Å². The molecule has 0 aliphatic rings. The van der Waals surface area contributed by atoms with Gasteiger partial charge in [0, 0.05) is 11.5 Å². The lowest BCUT2D eigenvalue weighted by Crippen LogP contribution is -2.03. The summed E-state index contributed by atoms with van der Waals surface area (Å²) in [7, 11) is -2.20. The second kappa shape index (κ2) is 4.21. The van der Waals surface area contributed by atoms with Crippen LogP contribution in [-0.2, 0) is 19.7 Å². The molecule has 4 heteroatoms. The van der Waals surface area contributed by atoms with Crippen molar-refractivity contribution in [1.29, 1.82) is 0 Å². The first-order chi connectivity index (χ1) is 3.72. The number of hydrogen-bond acceptors (Lipinski definition) is 2. The molecule has 8 heavy (non-hydrogen) atoms. The summed E-state index contributed by atoms with van der Waals surface area (Å²) in [4.78, 5) is 0.